The fraction of sp³-hybridized carbons (Fsp3) is 0.474. The minimum Gasteiger partial charge on any atom is -0.357 e. The van der Waals surface area contributed by atoms with Crippen LogP contribution >= 0.6 is 39.9 Å². The number of rotatable bonds is 7. The maximum absolute atomic E-state index is 4.82. The molecule has 1 heterocycles. The molecule has 0 amide bonds. The first-order valence-corrected chi connectivity index (χ1v) is 9.66. The molecule has 2 aromatic rings. The van der Waals surface area contributed by atoms with E-state index < -0.39 is 0 Å². The van der Waals surface area contributed by atoms with E-state index in [0.717, 1.165) is 22.5 Å². The lowest BCUT2D eigenvalue weighted by Gasteiger charge is -2.23. The van der Waals surface area contributed by atoms with Crippen molar-refractivity contribution in [1.29, 1.82) is 0 Å². The highest BCUT2D eigenvalue weighted by Crippen LogP contribution is 2.23. The summed E-state index contributed by atoms with van der Waals surface area (Å²) in [7, 11) is 6.07. The standard InChI is InChI=1S/C19H29BrN6.HI/c1-6-21-19(24-14(2)16-9-7-8-10-17(16)20)22-12-18(25(3)4)15-11-23-26(5)13-15;/h7-11,13-14,18H,6,12H2,1-5H3,(H2,21,22,24);1H. The van der Waals surface area contributed by atoms with Crippen molar-refractivity contribution in [1.82, 2.24) is 25.3 Å². The van der Waals surface area contributed by atoms with Gasteiger partial charge in [-0.2, -0.15) is 5.10 Å². The molecular formula is C19H30BrIN6. The number of aromatic nitrogens is 2. The van der Waals surface area contributed by atoms with Gasteiger partial charge in [0.1, 0.15) is 0 Å². The number of hydrogen-bond donors (Lipinski definition) is 2. The lowest BCUT2D eigenvalue weighted by atomic mass is 10.1. The molecule has 0 saturated carbocycles. The number of nitrogens with one attached hydrogen (secondary N) is 2. The van der Waals surface area contributed by atoms with Crippen LogP contribution in [0.5, 0.6) is 0 Å². The number of halogens is 2. The summed E-state index contributed by atoms with van der Waals surface area (Å²) >= 11 is 3.62. The summed E-state index contributed by atoms with van der Waals surface area (Å²) in [5, 5.41) is 11.1. The maximum Gasteiger partial charge on any atom is 0.191 e. The summed E-state index contributed by atoms with van der Waals surface area (Å²) in [6.45, 7) is 5.67. The van der Waals surface area contributed by atoms with Crippen LogP contribution in [-0.4, -0.2) is 47.8 Å². The number of benzene rings is 1. The van der Waals surface area contributed by atoms with Crippen molar-refractivity contribution < 1.29 is 0 Å². The second-order valence-electron chi connectivity index (χ2n) is 6.53. The van der Waals surface area contributed by atoms with Gasteiger partial charge in [-0.15, -0.1) is 24.0 Å². The van der Waals surface area contributed by atoms with Gasteiger partial charge in [0, 0.05) is 29.8 Å². The van der Waals surface area contributed by atoms with Gasteiger partial charge in [0.25, 0.3) is 0 Å². The SMILES string of the molecule is CCNC(=NCC(c1cnn(C)c1)N(C)C)NC(C)c1ccccc1Br.I. The third-order valence-corrected chi connectivity index (χ3v) is 4.95. The maximum atomic E-state index is 4.82. The van der Waals surface area contributed by atoms with E-state index in [-0.39, 0.29) is 36.1 Å². The van der Waals surface area contributed by atoms with Gasteiger partial charge >= 0.3 is 0 Å². The number of aryl methyl sites for hydroxylation is 1. The van der Waals surface area contributed by atoms with Crippen LogP contribution in [0.25, 0.3) is 0 Å². The summed E-state index contributed by atoms with van der Waals surface area (Å²) in [5.74, 6) is 0.812. The van der Waals surface area contributed by atoms with Crippen molar-refractivity contribution in [3.8, 4) is 0 Å². The normalized spacial score (nSPS) is 13.8. The fourth-order valence-corrected chi connectivity index (χ4v) is 3.41. The van der Waals surface area contributed by atoms with Gasteiger partial charge in [-0.3, -0.25) is 9.67 Å². The summed E-state index contributed by atoms with van der Waals surface area (Å²) in [4.78, 5) is 6.98. The molecule has 0 bridgehead atoms. The Morgan fingerprint density at radius 2 is 2.04 bits per heavy atom. The molecule has 1 aromatic heterocycles. The van der Waals surface area contributed by atoms with Crippen LogP contribution in [0.1, 0.15) is 37.1 Å². The van der Waals surface area contributed by atoms with Gasteiger partial charge in [0.2, 0.25) is 0 Å². The van der Waals surface area contributed by atoms with Crippen LogP contribution in [0.15, 0.2) is 46.1 Å². The molecule has 0 aliphatic carbocycles. The molecule has 2 unspecified atom stereocenters. The van der Waals surface area contributed by atoms with Crippen molar-refractivity contribution >= 4 is 45.9 Å². The van der Waals surface area contributed by atoms with E-state index in [4.69, 9.17) is 4.99 Å². The lowest BCUT2D eigenvalue weighted by molar-refractivity contribution is 0.306. The molecule has 6 nitrogen and oxygen atoms in total. The second kappa shape index (κ2) is 11.7. The predicted molar refractivity (Wildman–Crippen MR) is 127 cm³/mol. The monoisotopic (exact) mass is 548 g/mol. The lowest BCUT2D eigenvalue weighted by Crippen LogP contribution is -2.39. The Morgan fingerprint density at radius 1 is 1.33 bits per heavy atom. The molecule has 0 spiro atoms. The van der Waals surface area contributed by atoms with Crippen LogP contribution in [0.3, 0.4) is 0 Å². The number of aliphatic imine (C=N–C) groups is 1. The number of hydrogen-bond acceptors (Lipinski definition) is 3. The van der Waals surface area contributed by atoms with E-state index >= 15 is 0 Å². The van der Waals surface area contributed by atoms with Crippen LogP contribution in [0.2, 0.25) is 0 Å². The van der Waals surface area contributed by atoms with Crippen molar-refractivity contribution in [2.45, 2.75) is 25.9 Å². The zero-order valence-electron chi connectivity index (χ0n) is 16.6. The Balaban J connectivity index is 0.00000364. The minimum atomic E-state index is 0. The van der Waals surface area contributed by atoms with Crippen molar-refractivity contribution in [3.63, 3.8) is 0 Å². The Hall–Kier alpha value is -1.13. The Labute approximate surface area is 188 Å². The van der Waals surface area contributed by atoms with Crippen molar-refractivity contribution in [3.05, 3.63) is 52.3 Å². The van der Waals surface area contributed by atoms with Gasteiger partial charge < -0.3 is 15.5 Å². The second-order valence-corrected chi connectivity index (χ2v) is 7.39. The summed E-state index contributed by atoms with van der Waals surface area (Å²) in [6, 6.07) is 8.56. The zero-order chi connectivity index (χ0) is 19.1. The average molecular weight is 549 g/mol. The van der Waals surface area contributed by atoms with E-state index in [9.17, 15) is 0 Å². The molecule has 2 N–H and O–H groups in total. The van der Waals surface area contributed by atoms with Crippen LogP contribution in [0, 0.1) is 0 Å². The largest absolute Gasteiger partial charge is 0.357 e. The topological polar surface area (TPSA) is 57.5 Å². The van der Waals surface area contributed by atoms with Crippen LogP contribution < -0.4 is 10.6 Å². The minimum absolute atomic E-state index is 0. The van der Waals surface area contributed by atoms with Crippen LogP contribution in [0.4, 0.5) is 0 Å². The molecule has 150 valence electrons. The molecule has 0 aliphatic heterocycles. The van der Waals surface area contributed by atoms with Gasteiger partial charge in [-0.05, 0) is 39.6 Å². The molecule has 2 rings (SSSR count). The van der Waals surface area contributed by atoms with E-state index in [1.807, 2.05) is 36.3 Å². The van der Waals surface area contributed by atoms with Gasteiger partial charge in [-0.1, -0.05) is 34.1 Å². The summed E-state index contributed by atoms with van der Waals surface area (Å²) < 4.78 is 2.92. The molecular weight excluding hydrogens is 519 g/mol. The molecule has 0 aliphatic rings. The molecule has 0 saturated heterocycles. The van der Waals surface area contributed by atoms with E-state index in [1.54, 1.807) is 0 Å². The molecule has 0 radical (unpaired) electrons. The Morgan fingerprint density at radius 3 is 2.59 bits per heavy atom. The highest BCUT2D eigenvalue weighted by molar-refractivity contribution is 14.0. The zero-order valence-corrected chi connectivity index (χ0v) is 20.5. The van der Waals surface area contributed by atoms with E-state index in [1.165, 1.54) is 5.56 Å². The van der Waals surface area contributed by atoms with Crippen molar-refractivity contribution in [2.24, 2.45) is 12.0 Å². The predicted octanol–water partition coefficient (Wildman–Crippen LogP) is 3.72. The van der Waals surface area contributed by atoms with E-state index in [2.05, 4.69) is 76.6 Å². The molecule has 8 heteroatoms. The number of guanidine groups is 1. The van der Waals surface area contributed by atoms with Gasteiger partial charge in [0.05, 0.1) is 24.8 Å². The van der Waals surface area contributed by atoms with Gasteiger partial charge in [0.15, 0.2) is 5.96 Å². The van der Waals surface area contributed by atoms with Crippen molar-refractivity contribution in [2.75, 3.05) is 27.2 Å². The fourth-order valence-electron chi connectivity index (χ4n) is 2.79. The smallest absolute Gasteiger partial charge is 0.191 e. The van der Waals surface area contributed by atoms with E-state index in [0.29, 0.717) is 6.54 Å². The third kappa shape index (κ3) is 7.08. The first-order valence-electron chi connectivity index (χ1n) is 8.86. The number of nitrogens with zero attached hydrogens (tertiary/aromatic N) is 4. The quantitative estimate of drug-likeness (QED) is 0.314. The highest BCUT2D eigenvalue weighted by Gasteiger charge is 2.16. The number of likely N-dealkylation sites (N-methyl/N-ethyl adjacent to an activating group) is 1. The average Bonchev–Trinajstić information content (AvgIpc) is 3.01. The Kier molecular flexibility index (Phi) is 10.3. The first kappa shape index (κ1) is 23.9. The summed E-state index contributed by atoms with van der Waals surface area (Å²) in [5.41, 5.74) is 2.37. The first-order chi connectivity index (χ1) is 12.4. The van der Waals surface area contributed by atoms with Gasteiger partial charge in [-0.25, -0.2) is 0 Å². The molecule has 1 aromatic carbocycles. The molecule has 0 fully saturated rings. The molecule has 2 atom stereocenters. The third-order valence-electron chi connectivity index (χ3n) is 4.22. The summed E-state index contributed by atoms with van der Waals surface area (Å²) in [6.07, 6.45) is 3.95. The molecule has 27 heavy (non-hydrogen) atoms. The van der Waals surface area contributed by atoms with Crippen LogP contribution in [-0.2, 0) is 7.05 Å². The highest BCUT2D eigenvalue weighted by atomic mass is 127. The Bertz CT molecular complexity index is 730.